The molecule has 2 fully saturated rings. The topological polar surface area (TPSA) is 146 Å². The number of hydrogen-bond acceptors (Lipinski definition) is 6. The summed E-state index contributed by atoms with van der Waals surface area (Å²) in [6.45, 7) is 2.02. The Morgan fingerprint density at radius 2 is 1.66 bits per heavy atom. The van der Waals surface area contributed by atoms with Crippen LogP contribution in [0.5, 0.6) is 5.75 Å². The molecule has 7 amide bonds. The molecular formula is C27H25N5O6. The number of nitrogens with one attached hydrogen (secondary N) is 4. The summed E-state index contributed by atoms with van der Waals surface area (Å²) >= 11 is 0. The van der Waals surface area contributed by atoms with E-state index < -0.39 is 35.0 Å². The molecular weight excluding hydrogens is 490 g/mol. The van der Waals surface area contributed by atoms with Crippen LogP contribution in [0.2, 0.25) is 0 Å². The van der Waals surface area contributed by atoms with E-state index in [2.05, 4.69) is 33.1 Å². The first kappa shape index (κ1) is 24.8. The minimum absolute atomic E-state index is 0.155. The predicted octanol–water partition coefficient (Wildman–Crippen LogP) is 1.12. The van der Waals surface area contributed by atoms with E-state index >= 15 is 0 Å². The molecule has 11 heteroatoms. The van der Waals surface area contributed by atoms with E-state index in [0.717, 1.165) is 5.56 Å². The Morgan fingerprint density at radius 3 is 2.26 bits per heavy atom. The quantitative estimate of drug-likeness (QED) is 0.335. The van der Waals surface area contributed by atoms with E-state index in [1.54, 1.807) is 42.5 Å². The number of carbonyl (C=O) groups is 5. The average Bonchev–Trinajstić information content (AvgIpc) is 3.47. The zero-order chi connectivity index (χ0) is 27.1. The second-order valence-electron chi connectivity index (χ2n) is 9.39. The van der Waals surface area contributed by atoms with Crippen LogP contribution in [0.25, 0.3) is 0 Å². The van der Waals surface area contributed by atoms with Crippen LogP contribution in [0.15, 0.2) is 42.5 Å². The standard InChI is InChI=1S/C27H25N5O6/c1-3-11-27(23(35)29-25(37)31-27)18-7-4-16(5-8-18)10-12-26(22(34)28-24(36)30-26)15-32-14-17-6-9-19(38-2)13-20(17)21(32)33/h4-9,13H,3,11,14-15H2,1-2H3,(H2,28,30,34,36)(H2,29,31,35,37). The molecule has 3 aliphatic rings. The number of ether oxygens (including phenoxy) is 1. The highest BCUT2D eigenvalue weighted by atomic mass is 16.5. The normalized spacial score (nSPS) is 23.7. The Bertz CT molecular complexity index is 1440. The van der Waals surface area contributed by atoms with E-state index in [-0.39, 0.29) is 19.0 Å². The predicted molar refractivity (Wildman–Crippen MR) is 134 cm³/mol. The van der Waals surface area contributed by atoms with Gasteiger partial charge in [-0.1, -0.05) is 43.4 Å². The first-order chi connectivity index (χ1) is 18.2. The molecule has 3 heterocycles. The molecule has 194 valence electrons. The summed E-state index contributed by atoms with van der Waals surface area (Å²) in [5.74, 6) is 4.96. The van der Waals surface area contributed by atoms with Gasteiger partial charge in [-0.05, 0) is 41.8 Å². The van der Waals surface area contributed by atoms with E-state index in [9.17, 15) is 24.0 Å². The third-order valence-corrected chi connectivity index (χ3v) is 6.93. The molecule has 2 aromatic rings. The van der Waals surface area contributed by atoms with Crippen LogP contribution in [0.1, 0.15) is 46.8 Å². The third-order valence-electron chi connectivity index (χ3n) is 6.93. The fourth-order valence-electron chi connectivity index (χ4n) is 5.02. The Kier molecular flexibility index (Phi) is 6.03. The first-order valence-corrected chi connectivity index (χ1v) is 12.1. The van der Waals surface area contributed by atoms with Gasteiger partial charge in [0.1, 0.15) is 11.3 Å². The van der Waals surface area contributed by atoms with Crippen molar-refractivity contribution in [2.24, 2.45) is 0 Å². The number of nitrogens with zero attached hydrogens (tertiary/aromatic N) is 1. The smallest absolute Gasteiger partial charge is 0.323 e. The molecule has 2 saturated heterocycles. The van der Waals surface area contributed by atoms with Crippen molar-refractivity contribution in [1.29, 1.82) is 0 Å². The second-order valence-corrected chi connectivity index (χ2v) is 9.39. The number of carbonyl (C=O) groups excluding carboxylic acids is 5. The lowest BCUT2D eigenvalue weighted by Gasteiger charge is -2.26. The molecule has 5 rings (SSSR count). The van der Waals surface area contributed by atoms with Crippen molar-refractivity contribution in [3.8, 4) is 17.6 Å². The maximum Gasteiger partial charge on any atom is 0.323 e. The number of imide groups is 2. The maximum atomic E-state index is 13.1. The van der Waals surface area contributed by atoms with E-state index in [4.69, 9.17) is 4.74 Å². The van der Waals surface area contributed by atoms with Crippen molar-refractivity contribution < 1.29 is 28.7 Å². The van der Waals surface area contributed by atoms with Crippen molar-refractivity contribution >= 4 is 29.8 Å². The van der Waals surface area contributed by atoms with Crippen molar-refractivity contribution in [2.45, 2.75) is 37.4 Å². The molecule has 2 unspecified atom stereocenters. The SMILES string of the molecule is CCCC1(c2ccc(C#CC3(CN4Cc5ccc(OC)cc5C4=O)NC(=O)NC3=O)cc2)NC(=O)NC1=O. The van der Waals surface area contributed by atoms with Crippen molar-refractivity contribution in [3.63, 3.8) is 0 Å². The monoisotopic (exact) mass is 515 g/mol. The maximum absolute atomic E-state index is 13.1. The second kappa shape index (κ2) is 9.23. The van der Waals surface area contributed by atoms with Gasteiger partial charge >= 0.3 is 12.1 Å². The molecule has 3 aliphatic heterocycles. The van der Waals surface area contributed by atoms with Gasteiger partial charge in [0, 0.05) is 17.7 Å². The zero-order valence-electron chi connectivity index (χ0n) is 20.8. The summed E-state index contributed by atoms with van der Waals surface area (Å²) in [7, 11) is 1.51. The van der Waals surface area contributed by atoms with Gasteiger partial charge in [0.2, 0.25) is 5.54 Å². The fourth-order valence-corrected chi connectivity index (χ4v) is 5.02. The van der Waals surface area contributed by atoms with Gasteiger partial charge in [-0.15, -0.1) is 0 Å². The summed E-state index contributed by atoms with van der Waals surface area (Å²) in [5, 5.41) is 9.81. The Hall–Kier alpha value is -4.85. The van der Waals surface area contributed by atoms with Crippen LogP contribution >= 0.6 is 0 Å². The Labute approximate surface area is 218 Å². The van der Waals surface area contributed by atoms with Gasteiger partial charge in [0.05, 0.1) is 13.7 Å². The molecule has 0 bridgehead atoms. The van der Waals surface area contributed by atoms with Crippen molar-refractivity contribution in [3.05, 3.63) is 64.7 Å². The van der Waals surface area contributed by atoms with Crippen LogP contribution in [0, 0.1) is 11.8 Å². The van der Waals surface area contributed by atoms with Crippen LogP contribution in [0.3, 0.4) is 0 Å². The summed E-state index contributed by atoms with van der Waals surface area (Å²) in [4.78, 5) is 63.9. The molecule has 0 radical (unpaired) electrons. The van der Waals surface area contributed by atoms with Crippen LogP contribution in [-0.4, -0.2) is 53.9 Å². The highest BCUT2D eigenvalue weighted by molar-refractivity contribution is 6.10. The van der Waals surface area contributed by atoms with Crippen molar-refractivity contribution in [2.75, 3.05) is 13.7 Å². The van der Waals surface area contributed by atoms with Gasteiger partial charge in [-0.25, -0.2) is 9.59 Å². The summed E-state index contributed by atoms with van der Waals surface area (Å²) in [6.07, 6.45) is 1.08. The first-order valence-electron chi connectivity index (χ1n) is 12.1. The number of rotatable bonds is 6. The highest BCUT2D eigenvalue weighted by Crippen LogP contribution is 2.31. The summed E-state index contributed by atoms with van der Waals surface area (Å²) < 4.78 is 5.21. The van der Waals surface area contributed by atoms with E-state index in [1.807, 2.05) is 6.92 Å². The molecule has 0 aliphatic carbocycles. The molecule has 0 spiro atoms. The molecule has 4 N–H and O–H groups in total. The number of hydrogen-bond donors (Lipinski definition) is 4. The highest BCUT2D eigenvalue weighted by Gasteiger charge is 2.49. The molecule has 11 nitrogen and oxygen atoms in total. The minimum Gasteiger partial charge on any atom is -0.497 e. The number of urea groups is 2. The summed E-state index contributed by atoms with van der Waals surface area (Å²) in [5.41, 5.74) is -0.447. The number of benzene rings is 2. The van der Waals surface area contributed by atoms with Gasteiger partial charge in [-0.3, -0.25) is 25.0 Å². The Balaban J connectivity index is 1.41. The van der Waals surface area contributed by atoms with Gasteiger partial charge in [0.25, 0.3) is 17.7 Å². The van der Waals surface area contributed by atoms with E-state index in [0.29, 0.717) is 35.3 Å². The molecule has 2 aromatic carbocycles. The lowest BCUT2D eigenvalue weighted by atomic mass is 9.85. The Morgan fingerprint density at radius 1 is 0.947 bits per heavy atom. The number of fused-ring (bicyclic) bond motifs is 1. The van der Waals surface area contributed by atoms with E-state index in [1.165, 1.54) is 12.0 Å². The van der Waals surface area contributed by atoms with Gasteiger partial charge in [-0.2, -0.15) is 0 Å². The molecule has 0 aromatic heterocycles. The largest absolute Gasteiger partial charge is 0.497 e. The summed E-state index contributed by atoms with van der Waals surface area (Å²) in [6, 6.07) is 10.7. The zero-order valence-corrected chi connectivity index (χ0v) is 20.8. The van der Waals surface area contributed by atoms with Gasteiger partial charge in [0.15, 0.2) is 0 Å². The van der Waals surface area contributed by atoms with Crippen LogP contribution in [0.4, 0.5) is 9.59 Å². The number of methoxy groups -OCH3 is 1. The lowest BCUT2D eigenvalue weighted by molar-refractivity contribution is -0.124. The fraction of sp³-hybridized carbons (Fsp3) is 0.296. The molecule has 0 saturated carbocycles. The van der Waals surface area contributed by atoms with Crippen LogP contribution in [-0.2, 0) is 21.7 Å². The number of amides is 7. The van der Waals surface area contributed by atoms with Gasteiger partial charge < -0.3 is 20.3 Å². The molecule has 38 heavy (non-hydrogen) atoms. The third kappa shape index (κ3) is 4.10. The van der Waals surface area contributed by atoms with Crippen LogP contribution < -0.4 is 26.0 Å². The van der Waals surface area contributed by atoms with Crippen molar-refractivity contribution in [1.82, 2.24) is 26.2 Å². The lowest BCUT2D eigenvalue weighted by Crippen LogP contribution is -2.54. The molecule has 2 atom stereocenters. The average molecular weight is 516 g/mol. The minimum atomic E-state index is -1.65.